The fourth-order valence-corrected chi connectivity index (χ4v) is 3.68. The van der Waals surface area contributed by atoms with Crippen LogP contribution in [0.1, 0.15) is 31.7 Å². The second-order valence-electron chi connectivity index (χ2n) is 6.88. The molecular weight excluding hydrogens is 453 g/mol. The molecular formula is C18H25F2IN4O. The lowest BCUT2D eigenvalue weighted by Crippen LogP contribution is -2.51. The maximum Gasteiger partial charge on any atom is 0.220 e. The Labute approximate surface area is 169 Å². The minimum absolute atomic E-state index is 0. The molecule has 144 valence electrons. The van der Waals surface area contributed by atoms with Gasteiger partial charge in [0.05, 0.1) is 6.54 Å². The molecule has 2 aliphatic heterocycles. The van der Waals surface area contributed by atoms with Gasteiger partial charge in [0.2, 0.25) is 5.91 Å². The van der Waals surface area contributed by atoms with Gasteiger partial charge in [-0.1, -0.05) is 0 Å². The zero-order valence-corrected chi connectivity index (χ0v) is 17.2. The number of carbonyl (C=O) groups is 1. The molecule has 0 aromatic heterocycles. The summed E-state index contributed by atoms with van der Waals surface area (Å²) in [5.74, 6) is -0.138. The highest BCUT2D eigenvalue weighted by Crippen LogP contribution is 2.36. The molecule has 1 unspecified atom stereocenters. The van der Waals surface area contributed by atoms with E-state index >= 15 is 0 Å². The van der Waals surface area contributed by atoms with Crippen molar-refractivity contribution in [3.05, 3.63) is 35.4 Å². The first-order valence-corrected chi connectivity index (χ1v) is 8.75. The number of amides is 1. The highest BCUT2D eigenvalue weighted by atomic mass is 127. The molecule has 2 heterocycles. The van der Waals surface area contributed by atoms with E-state index in [0.29, 0.717) is 25.5 Å². The van der Waals surface area contributed by atoms with Crippen LogP contribution in [0, 0.1) is 17.0 Å². The number of hydrogen-bond donors (Lipinski definition) is 2. The summed E-state index contributed by atoms with van der Waals surface area (Å²) in [5.41, 5.74) is 0.190. The van der Waals surface area contributed by atoms with Crippen LogP contribution >= 0.6 is 24.0 Å². The van der Waals surface area contributed by atoms with Crippen LogP contribution in [0.25, 0.3) is 0 Å². The van der Waals surface area contributed by atoms with Crippen molar-refractivity contribution in [2.45, 2.75) is 32.7 Å². The summed E-state index contributed by atoms with van der Waals surface area (Å²) in [6.45, 7) is 5.01. The van der Waals surface area contributed by atoms with E-state index < -0.39 is 11.6 Å². The zero-order valence-electron chi connectivity index (χ0n) is 14.9. The van der Waals surface area contributed by atoms with Crippen molar-refractivity contribution in [1.29, 1.82) is 0 Å². The van der Waals surface area contributed by atoms with Crippen LogP contribution in [0.3, 0.4) is 0 Å². The molecule has 8 heteroatoms. The Morgan fingerprint density at radius 2 is 2.23 bits per heavy atom. The van der Waals surface area contributed by atoms with Gasteiger partial charge in [-0.2, -0.15) is 0 Å². The highest BCUT2D eigenvalue weighted by molar-refractivity contribution is 14.0. The molecule has 1 aromatic rings. The van der Waals surface area contributed by atoms with Gasteiger partial charge in [0.1, 0.15) is 11.6 Å². The van der Waals surface area contributed by atoms with Crippen LogP contribution in [-0.4, -0.2) is 42.9 Å². The fraction of sp³-hybridized carbons (Fsp3) is 0.556. The molecule has 5 nitrogen and oxygen atoms in total. The highest BCUT2D eigenvalue weighted by Gasteiger charge is 2.42. The molecule has 1 spiro atoms. The topological polar surface area (TPSA) is 56.7 Å². The van der Waals surface area contributed by atoms with Crippen molar-refractivity contribution < 1.29 is 13.6 Å². The number of nitrogens with zero attached hydrogens (tertiary/aromatic N) is 2. The van der Waals surface area contributed by atoms with Crippen molar-refractivity contribution >= 4 is 35.8 Å². The lowest BCUT2D eigenvalue weighted by Gasteiger charge is -2.40. The van der Waals surface area contributed by atoms with Crippen LogP contribution in [0.2, 0.25) is 0 Å². The number of hydrogen-bond acceptors (Lipinski definition) is 2. The van der Waals surface area contributed by atoms with E-state index in [4.69, 9.17) is 0 Å². The number of halogens is 3. The standard InChI is InChI=1S/C18H24F2N4O.HI/c1-2-21-17(22-10-13-8-14(19)4-5-15(13)20)24-7-3-6-18(12-24)9-16(25)23-11-18;/h4-5,8H,2-3,6-7,9-12H2,1H3,(H,21,22)(H,23,25);1H. The third-order valence-electron chi connectivity index (χ3n) is 4.90. The first-order chi connectivity index (χ1) is 12.0. The van der Waals surface area contributed by atoms with Gasteiger partial charge in [-0.05, 0) is 38.0 Å². The lowest BCUT2D eigenvalue weighted by molar-refractivity contribution is -0.119. The van der Waals surface area contributed by atoms with Crippen molar-refractivity contribution in [2.75, 3.05) is 26.2 Å². The van der Waals surface area contributed by atoms with E-state index in [1.165, 1.54) is 6.07 Å². The number of guanidine groups is 1. The molecule has 0 aliphatic carbocycles. The summed E-state index contributed by atoms with van der Waals surface area (Å²) >= 11 is 0. The summed E-state index contributed by atoms with van der Waals surface area (Å²) in [5, 5.41) is 6.15. The molecule has 0 saturated carbocycles. The van der Waals surface area contributed by atoms with Crippen LogP contribution in [0.5, 0.6) is 0 Å². The third kappa shape index (κ3) is 4.83. The quantitative estimate of drug-likeness (QED) is 0.399. The van der Waals surface area contributed by atoms with Gasteiger partial charge in [-0.3, -0.25) is 4.79 Å². The van der Waals surface area contributed by atoms with E-state index in [1.54, 1.807) is 0 Å². The number of benzene rings is 1. The molecule has 2 N–H and O–H groups in total. The Bertz CT molecular complexity index is 685. The molecule has 0 bridgehead atoms. The molecule has 1 amide bonds. The second kappa shape index (κ2) is 8.96. The van der Waals surface area contributed by atoms with Crippen LogP contribution in [0.15, 0.2) is 23.2 Å². The number of piperidine rings is 1. The number of likely N-dealkylation sites (tertiary alicyclic amines) is 1. The van der Waals surface area contributed by atoms with Gasteiger partial charge in [-0.25, -0.2) is 13.8 Å². The Morgan fingerprint density at radius 3 is 2.92 bits per heavy atom. The van der Waals surface area contributed by atoms with E-state index in [1.807, 2.05) is 6.92 Å². The Kier molecular flexibility index (Phi) is 7.19. The van der Waals surface area contributed by atoms with Crippen molar-refractivity contribution in [3.63, 3.8) is 0 Å². The van der Waals surface area contributed by atoms with E-state index in [-0.39, 0.29) is 47.4 Å². The lowest BCUT2D eigenvalue weighted by atomic mass is 9.79. The first-order valence-electron chi connectivity index (χ1n) is 8.75. The number of nitrogens with one attached hydrogen (secondary N) is 2. The SMILES string of the molecule is CCNC(=NCc1cc(F)ccc1F)N1CCCC2(CNC(=O)C2)C1.I. The molecule has 2 fully saturated rings. The Hall–Kier alpha value is -1.45. The summed E-state index contributed by atoms with van der Waals surface area (Å²) in [7, 11) is 0. The van der Waals surface area contributed by atoms with Gasteiger partial charge in [0.25, 0.3) is 0 Å². The van der Waals surface area contributed by atoms with Crippen LogP contribution in [-0.2, 0) is 11.3 Å². The second-order valence-corrected chi connectivity index (χ2v) is 6.88. The summed E-state index contributed by atoms with van der Waals surface area (Å²) in [6, 6.07) is 3.41. The van der Waals surface area contributed by atoms with Crippen molar-refractivity contribution in [1.82, 2.24) is 15.5 Å². The van der Waals surface area contributed by atoms with Crippen LogP contribution < -0.4 is 10.6 Å². The average Bonchev–Trinajstić information content (AvgIpc) is 2.94. The van der Waals surface area contributed by atoms with Gasteiger partial charge >= 0.3 is 0 Å². The molecule has 2 saturated heterocycles. The minimum Gasteiger partial charge on any atom is -0.357 e. The minimum atomic E-state index is -0.468. The van der Waals surface area contributed by atoms with Gasteiger partial charge in [-0.15, -0.1) is 24.0 Å². The monoisotopic (exact) mass is 478 g/mol. The predicted octanol–water partition coefficient (Wildman–Crippen LogP) is 2.65. The number of rotatable bonds is 3. The molecule has 0 radical (unpaired) electrons. The Balaban J connectivity index is 0.00000243. The van der Waals surface area contributed by atoms with Crippen LogP contribution in [0.4, 0.5) is 8.78 Å². The normalized spacial score (nSPS) is 23.0. The largest absolute Gasteiger partial charge is 0.357 e. The predicted molar refractivity (Wildman–Crippen MR) is 107 cm³/mol. The van der Waals surface area contributed by atoms with E-state index in [0.717, 1.165) is 38.1 Å². The van der Waals surface area contributed by atoms with E-state index in [2.05, 4.69) is 20.5 Å². The molecule has 2 aliphatic rings. The van der Waals surface area contributed by atoms with Crippen molar-refractivity contribution in [3.8, 4) is 0 Å². The number of carbonyl (C=O) groups excluding carboxylic acids is 1. The first kappa shape index (κ1) is 20.9. The maximum atomic E-state index is 13.8. The van der Waals surface area contributed by atoms with Gasteiger partial charge < -0.3 is 15.5 Å². The Morgan fingerprint density at radius 1 is 1.42 bits per heavy atom. The summed E-state index contributed by atoms with van der Waals surface area (Å²) in [4.78, 5) is 18.3. The van der Waals surface area contributed by atoms with Crippen molar-refractivity contribution in [2.24, 2.45) is 10.4 Å². The van der Waals surface area contributed by atoms with Gasteiger partial charge in [0.15, 0.2) is 5.96 Å². The molecule has 3 rings (SSSR count). The van der Waals surface area contributed by atoms with Gasteiger partial charge in [0, 0.05) is 43.6 Å². The molecule has 1 aromatic carbocycles. The maximum absolute atomic E-state index is 13.8. The smallest absolute Gasteiger partial charge is 0.220 e. The molecule has 1 atom stereocenters. The fourth-order valence-electron chi connectivity index (χ4n) is 3.68. The summed E-state index contributed by atoms with van der Waals surface area (Å²) in [6.07, 6.45) is 2.54. The summed E-state index contributed by atoms with van der Waals surface area (Å²) < 4.78 is 27.1. The molecule has 26 heavy (non-hydrogen) atoms. The third-order valence-corrected chi connectivity index (χ3v) is 4.90. The zero-order chi connectivity index (χ0) is 17.9. The number of aliphatic imine (C=N–C) groups is 1. The average molecular weight is 478 g/mol. The van der Waals surface area contributed by atoms with E-state index in [9.17, 15) is 13.6 Å².